The van der Waals surface area contributed by atoms with Crippen LogP contribution in [0.5, 0.6) is 5.75 Å². The molecule has 0 aliphatic heterocycles. The summed E-state index contributed by atoms with van der Waals surface area (Å²) in [6, 6.07) is 17.1. The summed E-state index contributed by atoms with van der Waals surface area (Å²) in [6.07, 6.45) is 0.812. The van der Waals surface area contributed by atoms with E-state index in [0.717, 1.165) is 23.3 Å². The zero-order chi connectivity index (χ0) is 20.6. The highest BCUT2D eigenvalue weighted by molar-refractivity contribution is 7.99. The van der Waals surface area contributed by atoms with Crippen molar-refractivity contribution in [3.8, 4) is 5.75 Å². The smallest absolute Gasteiger partial charge is 0.343 e. The number of methoxy groups -OCH3 is 1. The Hall–Kier alpha value is -3.00. The molecule has 3 aromatic rings. The highest BCUT2D eigenvalue weighted by Crippen LogP contribution is 2.24. The van der Waals surface area contributed by atoms with E-state index in [4.69, 9.17) is 4.74 Å². The van der Waals surface area contributed by atoms with Crippen molar-refractivity contribution in [2.45, 2.75) is 31.1 Å². The Balaban J connectivity index is 1.73. The fraction of sp³-hybridized carbons (Fsp3) is 0.286. The summed E-state index contributed by atoms with van der Waals surface area (Å²) in [7, 11) is 1.62. The van der Waals surface area contributed by atoms with E-state index in [1.807, 2.05) is 61.5 Å². The number of hydrogen-bond donors (Lipinski definition) is 2. The molecule has 3 rings (SSSR count). The monoisotopic (exact) mass is 412 g/mol. The van der Waals surface area contributed by atoms with Crippen LogP contribution in [0.25, 0.3) is 0 Å². The first kappa shape index (κ1) is 20.7. The van der Waals surface area contributed by atoms with Crippen LogP contribution in [-0.4, -0.2) is 33.5 Å². The molecule has 152 valence electrons. The third-order valence-electron chi connectivity index (χ3n) is 4.39. The molecule has 0 aliphatic rings. The van der Waals surface area contributed by atoms with E-state index in [2.05, 4.69) is 15.5 Å². The number of nitrogens with zero attached hydrogens (tertiary/aromatic N) is 2. The van der Waals surface area contributed by atoms with Gasteiger partial charge in [0, 0.05) is 6.54 Å². The molecule has 8 heteroatoms. The Morgan fingerprint density at radius 3 is 2.52 bits per heavy atom. The van der Waals surface area contributed by atoms with Gasteiger partial charge in [0.05, 0.1) is 18.9 Å². The zero-order valence-corrected chi connectivity index (χ0v) is 17.2. The predicted octanol–water partition coefficient (Wildman–Crippen LogP) is 2.99. The average Bonchev–Trinajstić information content (AvgIpc) is 3.11. The van der Waals surface area contributed by atoms with E-state index in [-0.39, 0.29) is 23.4 Å². The Morgan fingerprint density at radius 2 is 1.86 bits per heavy atom. The molecular formula is C21H24N4O3S. The van der Waals surface area contributed by atoms with Crippen molar-refractivity contribution in [1.29, 1.82) is 0 Å². The maximum Gasteiger partial charge on any atom is 0.343 e. The van der Waals surface area contributed by atoms with Crippen LogP contribution in [0.2, 0.25) is 0 Å². The van der Waals surface area contributed by atoms with Gasteiger partial charge in [-0.15, -0.1) is 5.10 Å². The second-order valence-electron chi connectivity index (χ2n) is 6.44. The highest BCUT2D eigenvalue weighted by Gasteiger charge is 2.18. The van der Waals surface area contributed by atoms with Crippen LogP contribution in [0.15, 0.2) is 64.5 Å². The minimum Gasteiger partial charge on any atom is -0.497 e. The van der Waals surface area contributed by atoms with E-state index in [1.54, 1.807) is 11.7 Å². The predicted molar refractivity (Wildman–Crippen MR) is 113 cm³/mol. The normalized spacial score (nSPS) is 11.8. The van der Waals surface area contributed by atoms with E-state index < -0.39 is 0 Å². The number of hydrogen-bond acceptors (Lipinski definition) is 5. The van der Waals surface area contributed by atoms with Crippen LogP contribution < -0.4 is 15.7 Å². The Bertz CT molecular complexity index is 983. The number of carbonyl (C=O) groups excluding carboxylic acids is 1. The highest BCUT2D eigenvalue weighted by atomic mass is 32.2. The van der Waals surface area contributed by atoms with E-state index >= 15 is 0 Å². The third-order valence-corrected chi connectivity index (χ3v) is 5.37. The third kappa shape index (κ3) is 5.29. The van der Waals surface area contributed by atoms with Gasteiger partial charge in [0.1, 0.15) is 5.75 Å². The summed E-state index contributed by atoms with van der Waals surface area (Å²) in [6.45, 7) is 2.55. The van der Waals surface area contributed by atoms with Gasteiger partial charge in [-0.05, 0) is 29.7 Å². The van der Waals surface area contributed by atoms with Gasteiger partial charge in [-0.1, -0.05) is 61.2 Å². The molecule has 2 N–H and O–H groups in total. The first-order chi connectivity index (χ1) is 14.1. The molecule has 0 saturated heterocycles. The van der Waals surface area contributed by atoms with Crippen molar-refractivity contribution < 1.29 is 9.53 Å². The second-order valence-corrected chi connectivity index (χ2v) is 7.38. The van der Waals surface area contributed by atoms with Crippen LogP contribution in [-0.2, 0) is 11.3 Å². The van der Waals surface area contributed by atoms with Gasteiger partial charge in [0.2, 0.25) is 5.91 Å². The topological polar surface area (TPSA) is 89.0 Å². The molecule has 0 aliphatic carbocycles. The number of carbonyl (C=O) groups is 1. The SMILES string of the molecule is CCCn1c(SCC(=O)N[C@H](c2ccccc2)c2ccc(OC)cc2)n[nH]c1=O. The van der Waals surface area contributed by atoms with Crippen LogP contribution in [0.1, 0.15) is 30.5 Å². The number of nitrogens with one attached hydrogen (secondary N) is 2. The molecule has 0 bridgehead atoms. The first-order valence-corrected chi connectivity index (χ1v) is 10.4. The van der Waals surface area contributed by atoms with Crippen molar-refractivity contribution in [3.05, 3.63) is 76.2 Å². The Morgan fingerprint density at radius 1 is 1.17 bits per heavy atom. The fourth-order valence-electron chi connectivity index (χ4n) is 2.97. The molecule has 0 saturated carbocycles. The van der Waals surface area contributed by atoms with Crippen molar-refractivity contribution >= 4 is 17.7 Å². The number of thioether (sulfide) groups is 1. The van der Waals surface area contributed by atoms with Crippen LogP contribution in [0.4, 0.5) is 0 Å². The molecule has 1 aromatic heterocycles. The van der Waals surface area contributed by atoms with Crippen molar-refractivity contribution in [2.75, 3.05) is 12.9 Å². The van der Waals surface area contributed by atoms with Crippen LogP contribution in [0.3, 0.4) is 0 Å². The fourth-order valence-corrected chi connectivity index (χ4v) is 3.75. The lowest BCUT2D eigenvalue weighted by atomic mass is 9.98. The van der Waals surface area contributed by atoms with E-state index in [9.17, 15) is 9.59 Å². The standard InChI is InChI=1S/C21H24N4O3S/c1-3-13-25-20(27)23-24-21(25)29-14-18(26)22-19(15-7-5-4-6-8-15)16-9-11-17(28-2)12-10-16/h4-12,19H,3,13-14H2,1-2H3,(H,22,26)(H,23,27)/t19-/m1/s1. The molecule has 0 radical (unpaired) electrons. The number of rotatable bonds is 9. The number of ether oxygens (including phenoxy) is 1. The van der Waals surface area contributed by atoms with Gasteiger partial charge in [-0.25, -0.2) is 9.89 Å². The molecule has 1 atom stereocenters. The number of benzene rings is 2. The van der Waals surface area contributed by atoms with Gasteiger partial charge in [-0.2, -0.15) is 0 Å². The number of aromatic amines is 1. The summed E-state index contributed by atoms with van der Waals surface area (Å²) in [5.41, 5.74) is 1.69. The summed E-state index contributed by atoms with van der Waals surface area (Å²) in [4.78, 5) is 24.5. The van der Waals surface area contributed by atoms with Crippen LogP contribution >= 0.6 is 11.8 Å². The number of H-pyrrole nitrogens is 1. The minimum absolute atomic E-state index is 0.141. The summed E-state index contributed by atoms with van der Waals surface area (Å²) >= 11 is 1.24. The quantitative estimate of drug-likeness (QED) is 0.528. The molecule has 0 fully saturated rings. The number of aromatic nitrogens is 3. The van der Waals surface area contributed by atoms with Gasteiger partial charge in [0.15, 0.2) is 5.16 Å². The molecule has 2 aromatic carbocycles. The molecule has 0 unspecified atom stereocenters. The first-order valence-electron chi connectivity index (χ1n) is 9.38. The Kier molecular flexibility index (Phi) is 7.13. The Labute approximate surface area is 173 Å². The lowest BCUT2D eigenvalue weighted by Gasteiger charge is -2.20. The summed E-state index contributed by atoms with van der Waals surface area (Å²) in [5, 5.41) is 10.1. The molecule has 1 heterocycles. The van der Waals surface area contributed by atoms with Crippen molar-refractivity contribution in [1.82, 2.24) is 20.1 Å². The second kappa shape index (κ2) is 9.97. The van der Waals surface area contributed by atoms with Crippen molar-refractivity contribution in [2.24, 2.45) is 0 Å². The molecular weight excluding hydrogens is 388 g/mol. The molecule has 7 nitrogen and oxygen atoms in total. The van der Waals surface area contributed by atoms with Gasteiger partial charge in [0.25, 0.3) is 0 Å². The molecule has 1 amide bonds. The minimum atomic E-state index is -0.285. The van der Waals surface area contributed by atoms with E-state index in [0.29, 0.717) is 11.7 Å². The zero-order valence-electron chi connectivity index (χ0n) is 16.4. The summed E-state index contributed by atoms with van der Waals surface area (Å²) in [5.74, 6) is 0.779. The van der Waals surface area contributed by atoms with Gasteiger partial charge in [-0.3, -0.25) is 9.36 Å². The molecule has 29 heavy (non-hydrogen) atoms. The number of amides is 1. The average molecular weight is 413 g/mol. The largest absolute Gasteiger partial charge is 0.497 e. The molecule has 0 spiro atoms. The lowest BCUT2D eigenvalue weighted by molar-refractivity contribution is -0.119. The maximum atomic E-state index is 12.7. The van der Waals surface area contributed by atoms with Gasteiger partial charge >= 0.3 is 5.69 Å². The lowest BCUT2D eigenvalue weighted by Crippen LogP contribution is -2.30. The summed E-state index contributed by atoms with van der Waals surface area (Å²) < 4.78 is 6.78. The van der Waals surface area contributed by atoms with Crippen LogP contribution in [0, 0.1) is 0 Å². The van der Waals surface area contributed by atoms with Gasteiger partial charge < -0.3 is 10.1 Å². The van der Waals surface area contributed by atoms with Crippen molar-refractivity contribution in [3.63, 3.8) is 0 Å². The maximum absolute atomic E-state index is 12.7. The van der Waals surface area contributed by atoms with E-state index in [1.165, 1.54) is 11.8 Å².